The smallest absolute Gasteiger partial charge is 0.306 e. The molecule has 0 aromatic carbocycles. The maximum Gasteiger partial charge on any atom is 0.306 e. The van der Waals surface area contributed by atoms with E-state index in [2.05, 4.69) is 13.8 Å². The third-order valence-corrected chi connectivity index (χ3v) is 3.97. The Hall–Kier alpha value is -0.570. The van der Waals surface area contributed by atoms with Gasteiger partial charge >= 0.3 is 5.97 Å². The minimum absolute atomic E-state index is 0.105. The summed E-state index contributed by atoms with van der Waals surface area (Å²) in [7, 11) is 0. The van der Waals surface area contributed by atoms with Gasteiger partial charge < -0.3 is 10.2 Å². The summed E-state index contributed by atoms with van der Waals surface area (Å²) in [6, 6.07) is 0. The van der Waals surface area contributed by atoms with Crippen LogP contribution >= 0.6 is 0 Å². The lowest BCUT2D eigenvalue weighted by molar-refractivity contribution is -0.143. The highest BCUT2D eigenvalue weighted by Gasteiger charge is 2.28. The van der Waals surface area contributed by atoms with Crippen LogP contribution in [-0.4, -0.2) is 21.8 Å². The number of rotatable bonds is 14. The Morgan fingerprint density at radius 2 is 1.20 bits per heavy atom. The third-order valence-electron chi connectivity index (χ3n) is 3.97. The van der Waals surface area contributed by atoms with Crippen molar-refractivity contribution in [3.05, 3.63) is 0 Å². The summed E-state index contributed by atoms with van der Waals surface area (Å²) in [6.07, 6.45) is 12.6. The molecule has 0 aromatic heterocycles. The quantitative estimate of drug-likeness (QED) is 0.446. The van der Waals surface area contributed by atoms with Crippen molar-refractivity contribution < 1.29 is 15.0 Å². The van der Waals surface area contributed by atoms with E-state index in [-0.39, 0.29) is 6.42 Å². The fourth-order valence-corrected chi connectivity index (χ4v) is 2.70. The van der Waals surface area contributed by atoms with Crippen LogP contribution in [0.25, 0.3) is 0 Å². The van der Waals surface area contributed by atoms with Gasteiger partial charge in [0.1, 0.15) is 0 Å². The normalized spacial score (nSPS) is 14.2. The molecule has 0 saturated carbocycles. The average molecular weight is 286 g/mol. The summed E-state index contributed by atoms with van der Waals surface area (Å²) in [4.78, 5) is 10.9. The molecule has 0 aliphatic heterocycles. The molecule has 0 rings (SSSR count). The van der Waals surface area contributed by atoms with Gasteiger partial charge in [-0.1, -0.05) is 78.1 Å². The van der Waals surface area contributed by atoms with Crippen LogP contribution in [0.15, 0.2) is 0 Å². The van der Waals surface area contributed by atoms with Gasteiger partial charge in [0.15, 0.2) is 0 Å². The van der Waals surface area contributed by atoms with Crippen molar-refractivity contribution in [3.63, 3.8) is 0 Å². The molecule has 120 valence electrons. The summed E-state index contributed by atoms with van der Waals surface area (Å²) >= 11 is 0. The molecular formula is C17H34O3. The van der Waals surface area contributed by atoms with Crippen molar-refractivity contribution in [3.8, 4) is 0 Å². The van der Waals surface area contributed by atoms with Gasteiger partial charge in [-0.05, 0) is 12.8 Å². The summed E-state index contributed by atoms with van der Waals surface area (Å²) in [5, 5.41) is 19.4. The second kappa shape index (κ2) is 12.2. The van der Waals surface area contributed by atoms with Gasteiger partial charge in [-0.25, -0.2) is 0 Å². The third kappa shape index (κ3) is 11.3. The lowest BCUT2D eigenvalue weighted by Crippen LogP contribution is -2.31. The summed E-state index contributed by atoms with van der Waals surface area (Å²) < 4.78 is 0. The minimum atomic E-state index is -0.982. The molecule has 3 heteroatoms. The Morgan fingerprint density at radius 3 is 1.70 bits per heavy atom. The molecule has 0 aromatic rings. The standard InChI is InChI=1S/C17H34O3/c1-3-5-7-8-9-10-12-14-17(20,15-16(18)19)13-11-6-4-2/h20H,3-15H2,1-2H3,(H,18,19). The van der Waals surface area contributed by atoms with Crippen LogP contribution in [0.4, 0.5) is 0 Å². The molecule has 1 atom stereocenters. The number of hydrogen-bond donors (Lipinski definition) is 2. The molecule has 0 fully saturated rings. The predicted octanol–water partition coefficient (Wildman–Crippen LogP) is 4.91. The average Bonchev–Trinajstić information content (AvgIpc) is 2.37. The van der Waals surface area contributed by atoms with Crippen molar-refractivity contribution in [2.75, 3.05) is 0 Å². The molecule has 0 heterocycles. The Kier molecular flexibility index (Phi) is 11.8. The highest BCUT2D eigenvalue weighted by Crippen LogP contribution is 2.26. The van der Waals surface area contributed by atoms with Crippen LogP contribution in [0.3, 0.4) is 0 Å². The van der Waals surface area contributed by atoms with Crippen LogP contribution in [-0.2, 0) is 4.79 Å². The van der Waals surface area contributed by atoms with E-state index >= 15 is 0 Å². The van der Waals surface area contributed by atoms with E-state index in [9.17, 15) is 9.90 Å². The van der Waals surface area contributed by atoms with Gasteiger partial charge in [0, 0.05) is 0 Å². The zero-order valence-electron chi connectivity index (χ0n) is 13.5. The van der Waals surface area contributed by atoms with Crippen molar-refractivity contribution >= 4 is 5.97 Å². The maximum atomic E-state index is 10.9. The highest BCUT2D eigenvalue weighted by molar-refractivity contribution is 5.68. The highest BCUT2D eigenvalue weighted by atomic mass is 16.4. The van der Waals surface area contributed by atoms with Crippen molar-refractivity contribution in [2.45, 2.75) is 103 Å². The fraction of sp³-hybridized carbons (Fsp3) is 0.941. The largest absolute Gasteiger partial charge is 0.481 e. The fourth-order valence-electron chi connectivity index (χ4n) is 2.70. The van der Waals surface area contributed by atoms with Crippen LogP contribution < -0.4 is 0 Å². The summed E-state index contributed by atoms with van der Waals surface area (Å²) in [5.74, 6) is -0.882. The molecule has 0 saturated heterocycles. The summed E-state index contributed by atoms with van der Waals surface area (Å²) in [6.45, 7) is 4.33. The Bertz CT molecular complexity index is 240. The minimum Gasteiger partial charge on any atom is -0.481 e. The number of carboxylic acid groups (broad SMARTS) is 1. The maximum absolute atomic E-state index is 10.9. The van der Waals surface area contributed by atoms with Gasteiger partial charge in [-0.3, -0.25) is 4.79 Å². The van der Waals surface area contributed by atoms with E-state index in [0.29, 0.717) is 12.8 Å². The number of aliphatic hydroxyl groups is 1. The van der Waals surface area contributed by atoms with Crippen LogP contribution in [0.2, 0.25) is 0 Å². The molecule has 0 bridgehead atoms. The van der Waals surface area contributed by atoms with Crippen molar-refractivity contribution in [1.29, 1.82) is 0 Å². The number of carboxylic acids is 1. The molecule has 0 aliphatic rings. The lowest BCUT2D eigenvalue weighted by Gasteiger charge is -2.26. The zero-order valence-corrected chi connectivity index (χ0v) is 13.5. The lowest BCUT2D eigenvalue weighted by atomic mass is 9.87. The van der Waals surface area contributed by atoms with E-state index in [1.165, 1.54) is 32.1 Å². The Balaban J connectivity index is 3.87. The van der Waals surface area contributed by atoms with E-state index in [1.54, 1.807) is 0 Å². The molecule has 3 nitrogen and oxygen atoms in total. The number of hydrogen-bond acceptors (Lipinski definition) is 2. The van der Waals surface area contributed by atoms with Crippen molar-refractivity contribution in [2.24, 2.45) is 0 Å². The first-order chi connectivity index (χ1) is 9.54. The predicted molar refractivity (Wildman–Crippen MR) is 84.0 cm³/mol. The van der Waals surface area contributed by atoms with Crippen LogP contribution in [0.1, 0.15) is 97.3 Å². The molecule has 1 unspecified atom stereocenters. The number of unbranched alkanes of at least 4 members (excludes halogenated alkanes) is 8. The molecule has 0 amide bonds. The topological polar surface area (TPSA) is 57.5 Å². The molecular weight excluding hydrogens is 252 g/mol. The second-order valence-electron chi connectivity index (χ2n) is 6.12. The van der Waals surface area contributed by atoms with E-state index in [1.807, 2.05) is 0 Å². The Morgan fingerprint density at radius 1 is 0.800 bits per heavy atom. The van der Waals surface area contributed by atoms with Gasteiger partial charge in [0.2, 0.25) is 0 Å². The monoisotopic (exact) mass is 286 g/mol. The molecule has 2 N–H and O–H groups in total. The first-order valence-electron chi connectivity index (χ1n) is 8.48. The first-order valence-corrected chi connectivity index (χ1v) is 8.48. The molecule has 0 aliphatic carbocycles. The van der Waals surface area contributed by atoms with Gasteiger partial charge in [0.25, 0.3) is 0 Å². The number of aliphatic carboxylic acids is 1. The Labute approximate surface area is 124 Å². The van der Waals surface area contributed by atoms with Gasteiger partial charge in [-0.15, -0.1) is 0 Å². The van der Waals surface area contributed by atoms with Crippen LogP contribution in [0, 0.1) is 0 Å². The summed E-state index contributed by atoms with van der Waals surface area (Å²) in [5.41, 5.74) is -0.982. The first kappa shape index (κ1) is 19.4. The van der Waals surface area contributed by atoms with E-state index < -0.39 is 11.6 Å². The van der Waals surface area contributed by atoms with Gasteiger partial charge in [-0.2, -0.15) is 0 Å². The molecule has 20 heavy (non-hydrogen) atoms. The SMILES string of the molecule is CCCCCCCCCC(O)(CCCCC)CC(=O)O. The molecule has 0 radical (unpaired) electrons. The van der Waals surface area contributed by atoms with Gasteiger partial charge in [0.05, 0.1) is 12.0 Å². The second-order valence-corrected chi connectivity index (χ2v) is 6.12. The number of carbonyl (C=O) groups is 1. The zero-order chi connectivity index (χ0) is 15.3. The van der Waals surface area contributed by atoms with Crippen LogP contribution in [0.5, 0.6) is 0 Å². The van der Waals surface area contributed by atoms with E-state index in [4.69, 9.17) is 5.11 Å². The van der Waals surface area contributed by atoms with E-state index in [0.717, 1.165) is 32.1 Å². The molecule has 0 spiro atoms. The van der Waals surface area contributed by atoms with Crippen molar-refractivity contribution in [1.82, 2.24) is 0 Å².